The Kier molecular flexibility index (Phi) is 9.50. The Hall–Kier alpha value is -1.93. The number of aryl methyl sites for hydroxylation is 2. The summed E-state index contributed by atoms with van der Waals surface area (Å²) in [5, 5.41) is 17.3. The summed E-state index contributed by atoms with van der Waals surface area (Å²) in [4.78, 5) is 11.9. The predicted molar refractivity (Wildman–Crippen MR) is 133 cm³/mol. The molecule has 6 nitrogen and oxygen atoms in total. The number of amides is 1. The maximum absolute atomic E-state index is 11.9. The molecule has 1 amide bonds. The van der Waals surface area contributed by atoms with Crippen LogP contribution in [0.15, 0.2) is 52.7 Å². The molecule has 0 aromatic heterocycles. The number of rotatable bonds is 7. The fourth-order valence-corrected chi connectivity index (χ4v) is 3.14. The highest BCUT2D eigenvalue weighted by molar-refractivity contribution is 7.80. The first-order valence-electron chi connectivity index (χ1n) is 9.61. The van der Waals surface area contributed by atoms with E-state index in [0.717, 1.165) is 22.5 Å². The molecule has 0 bridgehead atoms. The molecule has 0 heterocycles. The van der Waals surface area contributed by atoms with Gasteiger partial charge in [0, 0.05) is 12.1 Å². The van der Waals surface area contributed by atoms with Gasteiger partial charge in [-0.1, -0.05) is 59.9 Å². The molecule has 1 atom stereocenters. The van der Waals surface area contributed by atoms with Crippen LogP contribution in [0.1, 0.15) is 30.9 Å². The quantitative estimate of drug-likeness (QED) is 0.173. The molecule has 1 unspecified atom stereocenters. The molecule has 0 saturated heterocycles. The van der Waals surface area contributed by atoms with Crippen molar-refractivity contribution in [3.8, 4) is 0 Å². The fraction of sp³-hybridized carbons (Fsp3) is 0.333. The van der Waals surface area contributed by atoms with Gasteiger partial charge in [0.1, 0.15) is 6.17 Å². The minimum Gasteiger partial charge on any atom is -0.339 e. The summed E-state index contributed by atoms with van der Waals surface area (Å²) in [6, 6.07) is 13.3. The van der Waals surface area contributed by atoms with Crippen LogP contribution >= 0.6 is 47.0 Å². The maximum atomic E-state index is 11.9. The lowest BCUT2D eigenvalue weighted by atomic mass is 10.2. The molecular weight excluding hydrogens is 477 g/mol. The third-order valence-electron chi connectivity index (χ3n) is 4.23. The lowest BCUT2D eigenvalue weighted by Crippen LogP contribution is -2.56. The third-order valence-corrected chi connectivity index (χ3v) is 5.11. The van der Waals surface area contributed by atoms with E-state index in [1.807, 2.05) is 63.2 Å². The largest absolute Gasteiger partial charge is 0.339 e. The number of halogens is 3. The fourth-order valence-electron chi connectivity index (χ4n) is 2.59. The van der Waals surface area contributed by atoms with E-state index < -0.39 is 9.96 Å². The van der Waals surface area contributed by atoms with Crippen LogP contribution in [0, 0.1) is 13.8 Å². The van der Waals surface area contributed by atoms with Crippen LogP contribution in [0.2, 0.25) is 0 Å². The first-order chi connectivity index (χ1) is 14.6. The lowest BCUT2D eigenvalue weighted by Gasteiger charge is -2.28. The van der Waals surface area contributed by atoms with Gasteiger partial charge in [0.05, 0.1) is 11.4 Å². The number of anilines is 1. The number of hydrogen-bond donors (Lipinski definition) is 3. The zero-order valence-electron chi connectivity index (χ0n) is 17.4. The Balaban J connectivity index is 2.05. The summed E-state index contributed by atoms with van der Waals surface area (Å²) in [6.07, 6.45) is 0.00365. The second-order valence-corrected chi connectivity index (χ2v) is 9.65. The molecule has 2 aromatic carbocycles. The average molecular weight is 501 g/mol. The van der Waals surface area contributed by atoms with Crippen LogP contribution in [-0.4, -0.2) is 21.0 Å². The molecule has 0 spiro atoms. The number of alkyl halides is 3. The van der Waals surface area contributed by atoms with E-state index in [4.69, 9.17) is 47.0 Å². The van der Waals surface area contributed by atoms with Gasteiger partial charge in [-0.15, -0.1) is 0 Å². The number of azo groups is 1. The molecule has 2 rings (SSSR count). The van der Waals surface area contributed by atoms with E-state index in [9.17, 15) is 4.79 Å². The number of nitrogens with zero attached hydrogens (tertiary/aromatic N) is 2. The topological polar surface area (TPSA) is 77.9 Å². The zero-order valence-corrected chi connectivity index (χ0v) is 20.5. The van der Waals surface area contributed by atoms with E-state index in [1.165, 1.54) is 0 Å². The summed E-state index contributed by atoms with van der Waals surface area (Å²) >= 11 is 23.3. The van der Waals surface area contributed by atoms with Crippen molar-refractivity contribution in [2.45, 2.75) is 43.6 Å². The van der Waals surface area contributed by atoms with Gasteiger partial charge in [-0.3, -0.25) is 4.79 Å². The molecule has 10 heteroatoms. The second-order valence-electron chi connectivity index (χ2n) is 6.88. The van der Waals surface area contributed by atoms with Crippen molar-refractivity contribution >= 4 is 75.1 Å². The zero-order chi connectivity index (χ0) is 23.0. The maximum Gasteiger partial charge on any atom is 0.228 e. The van der Waals surface area contributed by atoms with E-state index in [2.05, 4.69) is 26.2 Å². The van der Waals surface area contributed by atoms with Crippen molar-refractivity contribution < 1.29 is 4.79 Å². The number of hydrogen-bond acceptors (Lipinski definition) is 4. The van der Waals surface area contributed by atoms with Gasteiger partial charge >= 0.3 is 0 Å². The van der Waals surface area contributed by atoms with Gasteiger partial charge < -0.3 is 16.0 Å². The summed E-state index contributed by atoms with van der Waals surface area (Å²) < 4.78 is -1.79. The average Bonchev–Trinajstić information content (AvgIpc) is 2.68. The lowest BCUT2D eigenvalue weighted by molar-refractivity contribution is -0.121. The van der Waals surface area contributed by atoms with Crippen LogP contribution in [0.4, 0.5) is 17.1 Å². The van der Waals surface area contributed by atoms with E-state index >= 15 is 0 Å². The number of carbonyl (C=O) groups is 1. The van der Waals surface area contributed by atoms with Gasteiger partial charge in [0.25, 0.3) is 0 Å². The molecular formula is C21H24Cl3N5OS. The molecule has 0 aliphatic carbocycles. The Labute approximate surface area is 202 Å². The number of benzene rings is 2. The van der Waals surface area contributed by atoms with Gasteiger partial charge in [-0.05, 0) is 67.9 Å². The van der Waals surface area contributed by atoms with Gasteiger partial charge in [-0.2, -0.15) is 10.2 Å². The molecule has 0 aliphatic rings. The van der Waals surface area contributed by atoms with Crippen molar-refractivity contribution in [3.05, 3.63) is 53.6 Å². The van der Waals surface area contributed by atoms with Crippen molar-refractivity contribution in [1.29, 1.82) is 0 Å². The second kappa shape index (κ2) is 11.6. The highest BCUT2D eigenvalue weighted by Crippen LogP contribution is 2.29. The Morgan fingerprint density at radius 1 is 1.06 bits per heavy atom. The molecule has 166 valence electrons. The minimum atomic E-state index is -1.79. The first kappa shape index (κ1) is 25.3. The van der Waals surface area contributed by atoms with Crippen molar-refractivity contribution in [3.63, 3.8) is 0 Å². The smallest absolute Gasteiger partial charge is 0.228 e. The summed E-state index contributed by atoms with van der Waals surface area (Å²) in [7, 11) is 0. The van der Waals surface area contributed by atoms with Gasteiger partial charge in [-0.25, -0.2) is 0 Å². The van der Waals surface area contributed by atoms with Crippen LogP contribution < -0.4 is 16.0 Å². The molecule has 2 aromatic rings. The highest BCUT2D eigenvalue weighted by Gasteiger charge is 2.34. The highest BCUT2D eigenvalue weighted by atomic mass is 35.6. The van der Waals surface area contributed by atoms with Crippen molar-refractivity contribution in [2.24, 2.45) is 10.2 Å². The predicted octanol–water partition coefficient (Wildman–Crippen LogP) is 6.62. The SMILES string of the molecule is CCCC(=O)NC(NC(=S)Nc1ccc(N=Nc2ccccc2C)cc1C)C(Cl)(Cl)Cl. The van der Waals surface area contributed by atoms with Gasteiger partial charge in [0.2, 0.25) is 9.70 Å². The van der Waals surface area contributed by atoms with E-state index in [-0.39, 0.29) is 11.0 Å². The Morgan fingerprint density at radius 3 is 2.39 bits per heavy atom. The summed E-state index contributed by atoms with van der Waals surface area (Å²) in [5.74, 6) is -0.242. The molecule has 0 radical (unpaired) electrons. The molecule has 31 heavy (non-hydrogen) atoms. The molecule has 0 saturated carbocycles. The van der Waals surface area contributed by atoms with Crippen molar-refractivity contribution in [2.75, 3.05) is 5.32 Å². The normalized spacial score (nSPS) is 12.5. The number of nitrogens with one attached hydrogen (secondary N) is 3. The molecule has 3 N–H and O–H groups in total. The number of thiocarbonyl (C=S) groups is 1. The minimum absolute atomic E-state index is 0.200. The monoisotopic (exact) mass is 499 g/mol. The standard InChI is InChI=1S/C21H24Cl3N5OS/c1-4-7-18(30)26-19(21(22,23)24)27-20(31)25-16-11-10-15(12-14(16)3)28-29-17-9-6-5-8-13(17)2/h5-6,8-12,19H,4,7H2,1-3H3,(H,26,30)(H2,25,27,31). The Morgan fingerprint density at radius 2 is 1.77 bits per heavy atom. The van der Waals surface area contributed by atoms with Crippen molar-refractivity contribution in [1.82, 2.24) is 10.6 Å². The van der Waals surface area contributed by atoms with Crippen LogP contribution in [-0.2, 0) is 4.79 Å². The first-order valence-corrected chi connectivity index (χ1v) is 11.2. The molecule has 0 aliphatic heterocycles. The summed E-state index contributed by atoms with van der Waals surface area (Å²) in [6.45, 7) is 5.78. The Bertz CT molecular complexity index is 962. The van der Waals surface area contributed by atoms with Crippen LogP contribution in [0.5, 0.6) is 0 Å². The van der Waals surface area contributed by atoms with Crippen LogP contribution in [0.25, 0.3) is 0 Å². The third kappa shape index (κ3) is 8.26. The van der Waals surface area contributed by atoms with Gasteiger partial charge in [0.15, 0.2) is 5.11 Å². The van der Waals surface area contributed by atoms with Crippen LogP contribution in [0.3, 0.4) is 0 Å². The summed E-state index contributed by atoms with van der Waals surface area (Å²) in [5.41, 5.74) is 4.21. The van der Waals surface area contributed by atoms with E-state index in [0.29, 0.717) is 18.5 Å². The van der Waals surface area contributed by atoms with E-state index in [1.54, 1.807) is 0 Å². The molecule has 0 fully saturated rings. The number of carbonyl (C=O) groups excluding carboxylic acids is 1.